The third-order valence-electron chi connectivity index (χ3n) is 4.19. The average Bonchev–Trinajstić information content (AvgIpc) is 3.06. The van der Waals surface area contributed by atoms with Gasteiger partial charge in [0, 0.05) is 17.8 Å². The fraction of sp³-hybridized carbons (Fsp3) is 0.211. The summed E-state index contributed by atoms with van der Waals surface area (Å²) in [5, 5.41) is 11.9. The number of thioether (sulfide) groups is 1. The summed E-state index contributed by atoms with van der Waals surface area (Å²) in [5.41, 5.74) is 0.931. The molecule has 0 unspecified atom stereocenters. The van der Waals surface area contributed by atoms with Crippen LogP contribution in [0.1, 0.15) is 5.82 Å². The average molecular weight is 484 g/mol. The van der Waals surface area contributed by atoms with Gasteiger partial charge in [-0.3, -0.25) is 9.10 Å². The molecule has 0 aliphatic heterocycles. The topological polar surface area (TPSA) is 97.2 Å². The van der Waals surface area contributed by atoms with E-state index in [-0.39, 0.29) is 18.2 Å². The Bertz CT molecular complexity index is 1170. The maximum atomic E-state index is 13.2. The number of benzene rings is 2. The molecule has 164 valence electrons. The van der Waals surface area contributed by atoms with Crippen LogP contribution in [0.25, 0.3) is 0 Å². The van der Waals surface area contributed by atoms with Crippen molar-refractivity contribution in [2.45, 2.75) is 11.7 Å². The molecule has 0 saturated heterocycles. The summed E-state index contributed by atoms with van der Waals surface area (Å²) in [5.74, 6) is -0.245. The van der Waals surface area contributed by atoms with Gasteiger partial charge >= 0.3 is 0 Å². The van der Waals surface area contributed by atoms with Crippen LogP contribution in [0.2, 0.25) is 5.02 Å². The Morgan fingerprint density at radius 3 is 2.42 bits per heavy atom. The van der Waals surface area contributed by atoms with Crippen LogP contribution >= 0.6 is 23.4 Å². The maximum Gasteiger partial charge on any atom is 0.234 e. The number of rotatable bonds is 8. The Balaban J connectivity index is 1.67. The Hall–Kier alpha value is -2.63. The first kappa shape index (κ1) is 23.0. The minimum absolute atomic E-state index is 0.0857. The van der Waals surface area contributed by atoms with E-state index < -0.39 is 15.8 Å². The number of carbonyl (C=O) groups is 1. The molecule has 31 heavy (non-hydrogen) atoms. The lowest BCUT2D eigenvalue weighted by Gasteiger charge is -2.21. The van der Waals surface area contributed by atoms with Crippen molar-refractivity contribution in [2.75, 3.05) is 21.6 Å². The van der Waals surface area contributed by atoms with Gasteiger partial charge in [0.05, 0.1) is 24.2 Å². The molecule has 0 saturated carbocycles. The molecule has 1 heterocycles. The fourth-order valence-electron chi connectivity index (χ4n) is 2.60. The molecule has 1 amide bonds. The largest absolute Gasteiger partial charge is 0.325 e. The van der Waals surface area contributed by atoms with Crippen LogP contribution in [0.5, 0.6) is 0 Å². The van der Waals surface area contributed by atoms with Gasteiger partial charge < -0.3 is 9.88 Å². The zero-order valence-electron chi connectivity index (χ0n) is 16.6. The van der Waals surface area contributed by atoms with E-state index in [0.717, 1.165) is 22.3 Å². The van der Waals surface area contributed by atoms with E-state index in [9.17, 15) is 17.6 Å². The third kappa shape index (κ3) is 6.18. The smallest absolute Gasteiger partial charge is 0.234 e. The Labute approximate surface area is 188 Å². The van der Waals surface area contributed by atoms with Crippen molar-refractivity contribution in [1.82, 2.24) is 14.8 Å². The summed E-state index contributed by atoms with van der Waals surface area (Å²) >= 11 is 6.99. The fourth-order valence-corrected chi connectivity index (χ4v) is 4.32. The summed E-state index contributed by atoms with van der Waals surface area (Å²) in [6, 6.07) is 11.9. The van der Waals surface area contributed by atoms with Crippen molar-refractivity contribution in [1.29, 1.82) is 0 Å². The number of sulfonamides is 1. The lowest BCUT2D eigenvalue weighted by Crippen LogP contribution is -2.30. The van der Waals surface area contributed by atoms with Crippen LogP contribution in [-0.4, -0.2) is 41.1 Å². The Morgan fingerprint density at radius 2 is 1.81 bits per heavy atom. The van der Waals surface area contributed by atoms with Crippen LogP contribution < -0.4 is 9.62 Å². The van der Waals surface area contributed by atoms with Gasteiger partial charge in [-0.25, -0.2) is 12.8 Å². The maximum absolute atomic E-state index is 13.2. The molecule has 12 heteroatoms. The standard InChI is InChI=1S/C19H19ClFN5O3S2/c1-25-17(11-26(31(2,28)29)16-9-5-14(21)6-10-16)23-24-19(25)30-12-18(27)22-15-7-3-13(20)4-8-15/h3-10H,11-12H2,1-2H3,(H,22,27). The molecule has 3 rings (SSSR count). The molecule has 2 aromatic carbocycles. The van der Waals surface area contributed by atoms with Gasteiger partial charge in [-0.05, 0) is 48.5 Å². The Morgan fingerprint density at radius 1 is 1.16 bits per heavy atom. The molecule has 0 radical (unpaired) electrons. The first-order valence-corrected chi connectivity index (χ1v) is 12.1. The van der Waals surface area contributed by atoms with Gasteiger partial charge in [0.15, 0.2) is 11.0 Å². The van der Waals surface area contributed by atoms with Crippen LogP contribution in [-0.2, 0) is 28.4 Å². The molecule has 0 spiro atoms. The van der Waals surface area contributed by atoms with Gasteiger partial charge in [0.25, 0.3) is 0 Å². The molecule has 8 nitrogen and oxygen atoms in total. The summed E-state index contributed by atoms with van der Waals surface area (Å²) < 4.78 is 40.4. The molecule has 0 bridgehead atoms. The van der Waals surface area contributed by atoms with Crippen molar-refractivity contribution in [3.8, 4) is 0 Å². The van der Waals surface area contributed by atoms with Crippen LogP contribution in [0.4, 0.5) is 15.8 Å². The van der Waals surface area contributed by atoms with Gasteiger partial charge in [0.1, 0.15) is 5.82 Å². The highest BCUT2D eigenvalue weighted by atomic mass is 35.5. The number of nitrogens with zero attached hydrogens (tertiary/aromatic N) is 4. The monoisotopic (exact) mass is 483 g/mol. The first-order chi connectivity index (χ1) is 14.6. The lowest BCUT2D eigenvalue weighted by atomic mass is 10.3. The number of aromatic nitrogens is 3. The van der Waals surface area contributed by atoms with Gasteiger partial charge in [-0.2, -0.15) is 0 Å². The van der Waals surface area contributed by atoms with Crippen LogP contribution in [0.3, 0.4) is 0 Å². The number of anilines is 2. The van der Waals surface area contributed by atoms with Crippen molar-refractivity contribution < 1.29 is 17.6 Å². The van der Waals surface area contributed by atoms with Crippen molar-refractivity contribution in [2.24, 2.45) is 7.05 Å². The van der Waals surface area contributed by atoms with E-state index in [2.05, 4.69) is 15.5 Å². The van der Waals surface area contributed by atoms with E-state index in [0.29, 0.717) is 27.4 Å². The minimum Gasteiger partial charge on any atom is -0.325 e. The molecule has 0 atom stereocenters. The Kier molecular flexibility index (Phi) is 7.19. The summed E-state index contributed by atoms with van der Waals surface area (Å²) in [7, 11) is -1.97. The number of carbonyl (C=O) groups excluding carboxylic acids is 1. The van der Waals surface area contributed by atoms with Crippen LogP contribution in [0.15, 0.2) is 53.7 Å². The number of halogens is 2. The van der Waals surface area contributed by atoms with E-state index in [1.807, 2.05) is 0 Å². The highest BCUT2D eigenvalue weighted by Crippen LogP contribution is 2.22. The van der Waals surface area contributed by atoms with Gasteiger partial charge in [0.2, 0.25) is 15.9 Å². The summed E-state index contributed by atoms with van der Waals surface area (Å²) in [6.45, 7) is -0.0918. The molecule has 1 aromatic heterocycles. The number of amides is 1. The zero-order valence-corrected chi connectivity index (χ0v) is 19.0. The second-order valence-corrected chi connectivity index (χ2v) is 9.83. The normalized spacial score (nSPS) is 11.4. The molecule has 1 N–H and O–H groups in total. The van der Waals surface area contributed by atoms with Gasteiger partial charge in [-0.15, -0.1) is 10.2 Å². The lowest BCUT2D eigenvalue weighted by molar-refractivity contribution is -0.113. The van der Waals surface area contributed by atoms with Crippen molar-refractivity contribution in [3.05, 3.63) is 65.2 Å². The predicted molar refractivity (Wildman–Crippen MR) is 119 cm³/mol. The van der Waals surface area contributed by atoms with Gasteiger partial charge in [-0.1, -0.05) is 23.4 Å². The van der Waals surface area contributed by atoms with E-state index >= 15 is 0 Å². The third-order valence-corrected chi connectivity index (χ3v) is 6.60. The molecule has 3 aromatic rings. The summed E-state index contributed by atoms with van der Waals surface area (Å²) in [4.78, 5) is 12.2. The van der Waals surface area contributed by atoms with Crippen LogP contribution in [0, 0.1) is 5.82 Å². The second-order valence-electron chi connectivity index (χ2n) is 6.55. The second kappa shape index (κ2) is 9.67. The highest BCUT2D eigenvalue weighted by Gasteiger charge is 2.22. The van der Waals surface area contributed by atoms with Crippen molar-refractivity contribution in [3.63, 3.8) is 0 Å². The first-order valence-electron chi connectivity index (χ1n) is 8.93. The zero-order chi connectivity index (χ0) is 22.6. The van der Waals surface area contributed by atoms with E-state index in [1.165, 1.54) is 24.3 Å². The quantitative estimate of drug-likeness (QED) is 0.494. The molecule has 0 fully saturated rings. The molecule has 0 aliphatic rings. The SMILES string of the molecule is Cn1c(CN(c2ccc(F)cc2)S(C)(=O)=O)nnc1SCC(=O)Nc1ccc(Cl)cc1. The van der Waals surface area contributed by atoms with E-state index in [4.69, 9.17) is 11.6 Å². The summed E-state index contributed by atoms with van der Waals surface area (Å²) in [6.07, 6.45) is 1.06. The van der Waals surface area contributed by atoms with E-state index in [1.54, 1.807) is 35.9 Å². The highest BCUT2D eigenvalue weighted by molar-refractivity contribution is 7.99. The number of nitrogens with one attached hydrogen (secondary N) is 1. The number of hydrogen-bond acceptors (Lipinski definition) is 6. The number of hydrogen-bond donors (Lipinski definition) is 1. The van der Waals surface area contributed by atoms with Crippen molar-refractivity contribution >= 4 is 50.7 Å². The predicted octanol–water partition coefficient (Wildman–Crippen LogP) is 3.30. The molecular formula is C19H19ClFN5O3S2. The minimum atomic E-state index is -3.65. The molecular weight excluding hydrogens is 465 g/mol. The molecule has 0 aliphatic carbocycles.